The minimum atomic E-state index is -0.997. The van der Waals surface area contributed by atoms with E-state index in [2.05, 4.69) is 31.6 Å². The van der Waals surface area contributed by atoms with Crippen molar-refractivity contribution in [2.45, 2.75) is 13.1 Å². The molecule has 1 heterocycles. The molecule has 21 heavy (non-hydrogen) atoms. The number of hydrogen-bond acceptors (Lipinski definition) is 5. The Bertz CT molecular complexity index is 685. The van der Waals surface area contributed by atoms with Crippen LogP contribution < -0.4 is 11.1 Å². The molecule has 0 aliphatic carbocycles. The van der Waals surface area contributed by atoms with Gasteiger partial charge < -0.3 is 16.2 Å². The molecule has 2 rings (SSSR count). The van der Waals surface area contributed by atoms with Crippen LogP contribution in [0.25, 0.3) is 0 Å². The third-order valence-electron chi connectivity index (χ3n) is 2.59. The number of carbonyl (C=O) groups is 2. The molecule has 2 aromatic rings. The number of nitrogens with two attached hydrogens (primary N) is 1. The lowest BCUT2D eigenvalue weighted by Crippen LogP contribution is -2.14. The number of carboxylic acids is 1. The summed E-state index contributed by atoms with van der Waals surface area (Å²) in [6.45, 7) is 0.0410. The Labute approximate surface area is 128 Å². The fourth-order valence-corrected chi connectivity index (χ4v) is 2.06. The van der Waals surface area contributed by atoms with Crippen LogP contribution in [-0.2, 0) is 17.9 Å². The van der Waals surface area contributed by atoms with E-state index in [-0.39, 0.29) is 6.54 Å². The Morgan fingerprint density at radius 3 is 2.86 bits per heavy atom. The Hall–Kier alpha value is -2.42. The van der Waals surface area contributed by atoms with Gasteiger partial charge in [-0.25, -0.2) is 4.68 Å². The number of primary amides is 1. The standard InChI is InChI=1S/C12H12BrN5O3/c13-7-1-2-10(9(3-7)12(14)21)15-4-8-5-18(17-16-8)6-11(19)20/h1-3,5,15H,4,6H2,(H2,14,21)(H,19,20). The van der Waals surface area contributed by atoms with Gasteiger partial charge in [-0.1, -0.05) is 21.1 Å². The van der Waals surface area contributed by atoms with E-state index >= 15 is 0 Å². The van der Waals surface area contributed by atoms with E-state index in [0.29, 0.717) is 23.5 Å². The van der Waals surface area contributed by atoms with Gasteiger partial charge in [-0.15, -0.1) is 5.10 Å². The van der Waals surface area contributed by atoms with Gasteiger partial charge in [-0.3, -0.25) is 9.59 Å². The van der Waals surface area contributed by atoms with Crippen LogP contribution in [0.15, 0.2) is 28.9 Å². The van der Waals surface area contributed by atoms with Crippen molar-refractivity contribution in [3.8, 4) is 0 Å². The van der Waals surface area contributed by atoms with Crippen molar-refractivity contribution in [2.75, 3.05) is 5.32 Å². The molecular formula is C12H12BrN5O3. The zero-order valence-electron chi connectivity index (χ0n) is 10.8. The molecule has 0 saturated heterocycles. The molecule has 1 aromatic heterocycles. The fraction of sp³-hybridized carbons (Fsp3) is 0.167. The summed E-state index contributed by atoms with van der Waals surface area (Å²) in [6.07, 6.45) is 1.52. The molecule has 0 aliphatic heterocycles. The van der Waals surface area contributed by atoms with Crippen LogP contribution in [0, 0.1) is 0 Å². The van der Waals surface area contributed by atoms with Gasteiger partial charge in [0.05, 0.1) is 18.3 Å². The molecule has 0 saturated carbocycles. The van der Waals surface area contributed by atoms with Gasteiger partial charge in [0.15, 0.2) is 0 Å². The molecular weight excluding hydrogens is 342 g/mol. The number of aliphatic carboxylic acids is 1. The van der Waals surface area contributed by atoms with E-state index < -0.39 is 11.9 Å². The van der Waals surface area contributed by atoms with Crippen LogP contribution in [0.2, 0.25) is 0 Å². The molecule has 0 atom stereocenters. The molecule has 1 amide bonds. The molecule has 0 unspecified atom stereocenters. The van der Waals surface area contributed by atoms with Crippen LogP contribution in [0.5, 0.6) is 0 Å². The summed E-state index contributed by atoms with van der Waals surface area (Å²) in [4.78, 5) is 21.9. The second kappa shape index (κ2) is 6.35. The number of halogens is 1. The maximum Gasteiger partial charge on any atom is 0.325 e. The zero-order valence-corrected chi connectivity index (χ0v) is 12.4. The number of nitrogens with zero attached hydrogens (tertiary/aromatic N) is 3. The van der Waals surface area contributed by atoms with Crippen LogP contribution in [0.4, 0.5) is 5.69 Å². The molecule has 110 valence electrons. The first-order valence-electron chi connectivity index (χ1n) is 5.89. The lowest BCUT2D eigenvalue weighted by Gasteiger charge is -2.09. The largest absolute Gasteiger partial charge is 0.480 e. The molecule has 0 aliphatic rings. The van der Waals surface area contributed by atoms with E-state index in [1.807, 2.05) is 0 Å². The number of amides is 1. The van der Waals surface area contributed by atoms with Crippen LogP contribution in [-0.4, -0.2) is 32.0 Å². The zero-order chi connectivity index (χ0) is 15.4. The number of rotatable bonds is 6. The van der Waals surface area contributed by atoms with Gasteiger partial charge in [-0.05, 0) is 18.2 Å². The summed E-state index contributed by atoms with van der Waals surface area (Å²) < 4.78 is 1.96. The SMILES string of the molecule is NC(=O)c1cc(Br)ccc1NCc1cn(CC(=O)O)nn1. The van der Waals surface area contributed by atoms with E-state index in [1.165, 1.54) is 10.9 Å². The summed E-state index contributed by atoms with van der Waals surface area (Å²) >= 11 is 3.27. The van der Waals surface area contributed by atoms with Crippen LogP contribution in [0.3, 0.4) is 0 Å². The van der Waals surface area contributed by atoms with Gasteiger partial charge in [0.25, 0.3) is 5.91 Å². The summed E-state index contributed by atoms with van der Waals surface area (Å²) in [5.41, 5.74) is 6.78. The predicted molar refractivity (Wildman–Crippen MR) is 77.6 cm³/mol. The third-order valence-corrected chi connectivity index (χ3v) is 3.08. The van der Waals surface area contributed by atoms with E-state index in [1.54, 1.807) is 18.2 Å². The lowest BCUT2D eigenvalue weighted by atomic mass is 10.1. The number of nitrogens with one attached hydrogen (secondary N) is 1. The van der Waals surface area contributed by atoms with E-state index in [0.717, 1.165) is 4.47 Å². The van der Waals surface area contributed by atoms with Crippen molar-refractivity contribution in [3.05, 3.63) is 40.1 Å². The van der Waals surface area contributed by atoms with E-state index in [4.69, 9.17) is 10.8 Å². The van der Waals surface area contributed by atoms with Crippen molar-refractivity contribution in [1.82, 2.24) is 15.0 Å². The first-order valence-corrected chi connectivity index (χ1v) is 6.69. The number of anilines is 1. The first-order chi connectivity index (χ1) is 9.95. The molecule has 0 bridgehead atoms. The summed E-state index contributed by atoms with van der Waals surface area (Å²) in [5.74, 6) is -1.54. The molecule has 0 fully saturated rings. The molecule has 0 spiro atoms. The maximum atomic E-state index is 11.4. The van der Waals surface area contributed by atoms with E-state index in [9.17, 15) is 9.59 Å². The number of hydrogen-bond donors (Lipinski definition) is 3. The minimum absolute atomic E-state index is 0.252. The van der Waals surface area contributed by atoms with Gasteiger partial charge in [-0.2, -0.15) is 0 Å². The second-order valence-corrected chi connectivity index (χ2v) is 5.12. The fourth-order valence-electron chi connectivity index (χ4n) is 1.70. The van der Waals surface area contributed by atoms with Crippen molar-refractivity contribution in [1.29, 1.82) is 0 Å². The second-order valence-electron chi connectivity index (χ2n) is 4.21. The quantitative estimate of drug-likeness (QED) is 0.706. The molecule has 1 aromatic carbocycles. The Morgan fingerprint density at radius 2 is 2.19 bits per heavy atom. The summed E-state index contributed by atoms with van der Waals surface area (Å²) in [7, 11) is 0. The van der Waals surface area contributed by atoms with Gasteiger partial charge in [0.1, 0.15) is 12.2 Å². The van der Waals surface area contributed by atoms with Crippen molar-refractivity contribution < 1.29 is 14.7 Å². The molecule has 8 nitrogen and oxygen atoms in total. The highest BCUT2D eigenvalue weighted by Crippen LogP contribution is 2.21. The van der Waals surface area contributed by atoms with Crippen molar-refractivity contribution in [3.63, 3.8) is 0 Å². The van der Waals surface area contributed by atoms with Gasteiger partial charge >= 0.3 is 5.97 Å². The number of carbonyl (C=O) groups excluding carboxylic acids is 1. The van der Waals surface area contributed by atoms with Crippen LogP contribution in [0.1, 0.15) is 16.1 Å². The third kappa shape index (κ3) is 4.02. The average Bonchev–Trinajstić information content (AvgIpc) is 2.83. The van der Waals surface area contributed by atoms with Crippen molar-refractivity contribution >= 4 is 33.5 Å². The molecule has 4 N–H and O–H groups in total. The first kappa shape index (κ1) is 15.0. The topological polar surface area (TPSA) is 123 Å². The Kier molecular flexibility index (Phi) is 4.53. The van der Waals surface area contributed by atoms with Crippen molar-refractivity contribution in [2.24, 2.45) is 5.73 Å². The summed E-state index contributed by atoms with van der Waals surface area (Å²) in [6, 6.07) is 5.11. The Morgan fingerprint density at radius 1 is 1.43 bits per heavy atom. The average molecular weight is 354 g/mol. The lowest BCUT2D eigenvalue weighted by molar-refractivity contribution is -0.137. The van der Waals surface area contributed by atoms with Crippen LogP contribution >= 0.6 is 15.9 Å². The summed E-state index contributed by atoms with van der Waals surface area (Å²) in [5, 5.41) is 19.2. The van der Waals surface area contributed by atoms with Gasteiger partial charge in [0.2, 0.25) is 0 Å². The predicted octanol–water partition coefficient (Wildman–Crippen LogP) is 0.836. The number of benzene rings is 1. The number of carboxylic acid groups (broad SMARTS) is 1. The van der Waals surface area contributed by atoms with Gasteiger partial charge in [0, 0.05) is 10.2 Å². The highest BCUT2D eigenvalue weighted by atomic mass is 79.9. The normalized spacial score (nSPS) is 10.3. The molecule has 0 radical (unpaired) electrons. The minimum Gasteiger partial charge on any atom is -0.480 e. The number of aromatic nitrogens is 3. The molecule has 9 heteroatoms. The highest BCUT2D eigenvalue weighted by Gasteiger charge is 2.10. The smallest absolute Gasteiger partial charge is 0.325 e. The Balaban J connectivity index is 2.08. The highest BCUT2D eigenvalue weighted by molar-refractivity contribution is 9.10. The monoisotopic (exact) mass is 353 g/mol. The maximum absolute atomic E-state index is 11.4.